The number of amides is 1. The van der Waals surface area contributed by atoms with Crippen LogP contribution in [0.4, 0.5) is 0 Å². The van der Waals surface area contributed by atoms with E-state index in [0.717, 1.165) is 4.47 Å². The lowest BCUT2D eigenvalue weighted by molar-refractivity contribution is -0.123. The smallest absolute Gasteiger partial charge is 0.277 e. The van der Waals surface area contributed by atoms with Gasteiger partial charge in [0.25, 0.3) is 5.91 Å². The number of carbonyl (C=O) groups excluding carboxylic acids is 1. The van der Waals surface area contributed by atoms with Gasteiger partial charge in [0.2, 0.25) is 0 Å². The summed E-state index contributed by atoms with van der Waals surface area (Å²) < 4.78 is 11.1. The van der Waals surface area contributed by atoms with E-state index < -0.39 is 5.91 Å². The average Bonchev–Trinajstić information content (AvgIpc) is 2.55. The highest BCUT2D eigenvalue weighted by molar-refractivity contribution is 9.10. The molecule has 1 amide bonds. The van der Waals surface area contributed by atoms with E-state index in [0.29, 0.717) is 22.1 Å². The van der Waals surface area contributed by atoms with E-state index in [4.69, 9.17) is 21.1 Å². The third-order valence-corrected chi connectivity index (χ3v) is 3.68. The van der Waals surface area contributed by atoms with Gasteiger partial charge in [-0.05, 0) is 30.3 Å². The maximum absolute atomic E-state index is 11.7. The molecule has 2 rings (SSSR count). The van der Waals surface area contributed by atoms with Gasteiger partial charge in [-0.2, -0.15) is 5.10 Å². The summed E-state index contributed by atoms with van der Waals surface area (Å²) >= 11 is 9.27. The van der Waals surface area contributed by atoms with E-state index in [2.05, 4.69) is 26.5 Å². The minimum absolute atomic E-state index is 0.0594. The van der Waals surface area contributed by atoms with Crippen LogP contribution < -0.4 is 14.9 Å². The number of hydrogen-bond acceptors (Lipinski definition) is 5. The second-order valence-electron chi connectivity index (χ2n) is 4.55. The zero-order valence-electron chi connectivity index (χ0n) is 12.6. The molecule has 0 bridgehead atoms. The molecule has 24 heavy (non-hydrogen) atoms. The molecule has 0 aliphatic rings. The van der Waals surface area contributed by atoms with E-state index in [9.17, 15) is 9.90 Å². The number of nitrogens with zero attached hydrogens (tertiary/aromatic N) is 1. The number of nitrogens with one attached hydrogen (secondary N) is 1. The van der Waals surface area contributed by atoms with Gasteiger partial charge in [-0.15, -0.1) is 0 Å². The van der Waals surface area contributed by atoms with E-state index in [1.165, 1.54) is 13.3 Å². The highest BCUT2D eigenvalue weighted by Crippen LogP contribution is 2.28. The Bertz CT molecular complexity index is 768. The Hall–Kier alpha value is -2.25. The number of hydrogen-bond donors (Lipinski definition) is 2. The molecule has 0 heterocycles. The summed E-state index contributed by atoms with van der Waals surface area (Å²) in [6, 6.07) is 10.0. The predicted molar refractivity (Wildman–Crippen MR) is 95.0 cm³/mol. The van der Waals surface area contributed by atoms with Crippen molar-refractivity contribution >= 4 is 39.7 Å². The van der Waals surface area contributed by atoms with E-state index in [-0.39, 0.29) is 12.4 Å². The molecule has 0 aliphatic carbocycles. The number of hydrazone groups is 1. The number of para-hydroxylation sites is 1. The Labute approximate surface area is 152 Å². The van der Waals surface area contributed by atoms with Crippen LogP contribution in [0.1, 0.15) is 5.56 Å². The van der Waals surface area contributed by atoms with E-state index in [1.54, 1.807) is 36.4 Å². The van der Waals surface area contributed by atoms with Crippen LogP contribution in [0.3, 0.4) is 0 Å². The molecule has 0 atom stereocenters. The molecule has 0 aliphatic heterocycles. The monoisotopic (exact) mass is 412 g/mol. The van der Waals surface area contributed by atoms with Gasteiger partial charge in [0, 0.05) is 10.0 Å². The van der Waals surface area contributed by atoms with Crippen molar-refractivity contribution in [1.29, 1.82) is 0 Å². The number of phenolic OH excluding ortho intramolecular Hbond substituents is 1. The molecular formula is C16H14BrClN2O4. The quantitative estimate of drug-likeness (QED) is 0.562. The van der Waals surface area contributed by atoms with Gasteiger partial charge in [0.15, 0.2) is 18.1 Å². The molecule has 126 valence electrons. The molecule has 6 nitrogen and oxygen atoms in total. The fourth-order valence-corrected chi connectivity index (χ4v) is 2.48. The van der Waals surface area contributed by atoms with Gasteiger partial charge < -0.3 is 14.6 Å². The minimum atomic E-state index is -0.465. The van der Waals surface area contributed by atoms with Crippen LogP contribution in [0.25, 0.3) is 0 Å². The maximum atomic E-state index is 11.7. The van der Waals surface area contributed by atoms with Crippen molar-refractivity contribution in [1.82, 2.24) is 5.43 Å². The lowest BCUT2D eigenvalue weighted by Gasteiger charge is -2.07. The van der Waals surface area contributed by atoms with Crippen LogP contribution in [-0.2, 0) is 4.79 Å². The Balaban J connectivity index is 1.89. The Morgan fingerprint density at radius 2 is 2.17 bits per heavy atom. The summed E-state index contributed by atoms with van der Waals surface area (Å²) in [4.78, 5) is 11.7. The lowest BCUT2D eigenvalue weighted by Crippen LogP contribution is -2.24. The molecule has 0 aromatic heterocycles. The van der Waals surface area contributed by atoms with Crippen LogP contribution in [0.2, 0.25) is 5.02 Å². The molecule has 0 radical (unpaired) electrons. The van der Waals surface area contributed by atoms with Gasteiger partial charge in [-0.25, -0.2) is 5.43 Å². The van der Waals surface area contributed by atoms with Crippen molar-refractivity contribution in [2.75, 3.05) is 13.7 Å². The molecule has 0 saturated carbocycles. The largest absolute Gasteiger partial charge is 0.504 e. The van der Waals surface area contributed by atoms with Crippen molar-refractivity contribution in [3.63, 3.8) is 0 Å². The van der Waals surface area contributed by atoms with Crippen molar-refractivity contribution < 1.29 is 19.4 Å². The van der Waals surface area contributed by atoms with Crippen LogP contribution in [0.15, 0.2) is 46.0 Å². The topological polar surface area (TPSA) is 80.2 Å². The summed E-state index contributed by atoms with van der Waals surface area (Å²) in [7, 11) is 1.45. The second kappa shape index (κ2) is 8.56. The zero-order chi connectivity index (χ0) is 17.5. The van der Waals surface area contributed by atoms with Crippen LogP contribution in [-0.4, -0.2) is 30.9 Å². The molecule has 0 spiro atoms. The third-order valence-electron chi connectivity index (χ3n) is 2.90. The Morgan fingerprint density at radius 3 is 2.88 bits per heavy atom. The van der Waals surface area contributed by atoms with Crippen molar-refractivity contribution in [2.24, 2.45) is 5.10 Å². The van der Waals surface area contributed by atoms with Gasteiger partial charge >= 0.3 is 0 Å². The standard InChI is InChI=1S/C16H14BrClN2O4/c1-23-14-4-2-3-10(16(14)22)8-19-20-15(21)9-24-13-6-5-11(17)7-12(13)18/h2-8,22H,9H2,1H3,(H,20,21). The first-order chi connectivity index (χ1) is 11.5. The first-order valence-corrected chi connectivity index (χ1v) is 7.94. The van der Waals surface area contributed by atoms with Crippen molar-refractivity contribution in [3.05, 3.63) is 51.5 Å². The third kappa shape index (κ3) is 4.87. The summed E-state index contributed by atoms with van der Waals surface area (Å²) in [5.74, 6) is 0.187. The highest BCUT2D eigenvalue weighted by Gasteiger charge is 2.07. The molecule has 0 saturated heterocycles. The fourth-order valence-electron chi connectivity index (χ4n) is 1.75. The fraction of sp³-hybridized carbons (Fsp3) is 0.125. The maximum Gasteiger partial charge on any atom is 0.277 e. The number of methoxy groups -OCH3 is 1. The van der Waals surface area contributed by atoms with Gasteiger partial charge in [-0.3, -0.25) is 4.79 Å². The summed E-state index contributed by atoms with van der Waals surface area (Å²) in [5.41, 5.74) is 2.71. The van der Waals surface area contributed by atoms with Crippen molar-refractivity contribution in [3.8, 4) is 17.2 Å². The summed E-state index contributed by atoms with van der Waals surface area (Å²) in [6.45, 7) is -0.247. The minimum Gasteiger partial charge on any atom is -0.504 e. The van der Waals surface area contributed by atoms with Crippen LogP contribution >= 0.6 is 27.5 Å². The van der Waals surface area contributed by atoms with Crippen molar-refractivity contribution in [2.45, 2.75) is 0 Å². The summed E-state index contributed by atoms with van der Waals surface area (Å²) in [6.07, 6.45) is 1.31. The Kier molecular flexibility index (Phi) is 6.45. The number of ether oxygens (including phenoxy) is 2. The predicted octanol–water partition coefficient (Wildman–Crippen LogP) is 3.35. The number of halogens is 2. The molecule has 0 fully saturated rings. The first-order valence-electron chi connectivity index (χ1n) is 6.77. The molecule has 0 unspecified atom stereocenters. The van der Waals surface area contributed by atoms with Crippen LogP contribution in [0.5, 0.6) is 17.2 Å². The Morgan fingerprint density at radius 1 is 1.38 bits per heavy atom. The number of aromatic hydroxyl groups is 1. The first kappa shape index (κ1) is 18.1. The number of benzene rings is 2. The highest BCUT2D eigenvalue weighted by atomic mass is 79.9. The number of phenols is 1. The summed E-state index contributed by atoms with van der Waals surface area (Å²) in [5, 5.41) is 14.0. The lowest BCUT2D eigenvalue weighted by atomic mass is 10.2. The molecular weight excluding hydrogens is 400 g/mol. The zero-order valence-corrected chi connectivity index (χ0v) is 15.0. The second-order valence-corrected chi connectivity index (χ2v) is 5.88. The van der Waals surface area contributed by atoms with Crippen LogP contribution in [0, 0.1) is 0 Å². The normalized spacial score (nSPS) is 10.6. The molecule has 2 N–H and O–H groups in total. The average molecular weight is 414 g/mol. The number of rotatable bonds is 6. The molecule has 2 aromatic rings. The SMILES string of the molecule is COc1cccc(C=NNC(=O)COc2ccc(Br)cc2Cl)c1O. The molecule has 2 aromatic carbocycles. The van der Waals surface area contributed by atoms with Gasteiger partial charge in [0.1, 0.15) is 5.75 Å². The van der Waals surface area contributed by atoms with Gasteiger partial charge in [-0.1, -0.05) is 33.6 Å². The van der Waals surface area contributed by atoms with E-state index >= 15 is 0 Å². The number of carbonyl (C=O) groups is 1. The van der Waals surface area contributed by atoms with Gasteiger partial charge in [0.05, 0.1) is 18.3 Å². The van der Waals surface area contributed by atoms with E-state index in [1.807, 2.05) is 0 Å². The molecule has 8 heteroatoms.